The van der Waals surface area contributed by atoms with E-state index in [0.717, 1.165) is 24.5 Å². The number of thiocarbonyl (C=S) groups is 2. The molecule has 29 heavy (non-hydrogen) atoms. The van der Waals surface area contributed by atoms with Crippen LogP contribution in [0.2, 0.25) is 0 Å². The molecule has 0 aliphatic heterocycles. The summed E-state index contributed by atoms with van der Waals surface area (Å²) in [6.07, 6.45) is 1.78. The van der Waals surface area contributed by atoms with Crippen molar-refractivity contribution < 1.29 is 9.85 Å². The minimum absolute atomic E-state index is 0.155. The molecule has 0 aliphatic rings. The maximum absolute atomic E-state index is 10.2. The Bertz CT molecular complexity index is 989. The summed E-state index contributed by atoms with van der Waals surface area (Å²) in [5, 5.41) is 29.4. The number of non-ortho nitro benzene ring substituents is 2. The molecule has 0 atom stereocenters. The highest BCUT2D eigenvalue weighted by Crippen LogP contribution is 2.21. The van der Waals surface area contributed by atoms with Gasteiger partial charge >= 0.3 is 0 Å². The zero-order valence-electron chi connectivity index (χ0n) is 15.3. The lowest BCUT2D eigenvalue weighted by atomic mass is 9.94. The molecule has 0 bridgehead atoms. The Morgan fingerprint density at radius 2 is 1.55 bits per heavy atom. The summed E-state index contributed by atoms with van der Waals surface area (Å²) in [5.41, 5.74) is 13.4. The average molecular weight is 431 g/mol. The number of rotatable bonds is 6. The van der Waals surface area contributed by atoms with Gasteiger partial charge in [-0.3, -0.25) is 20.2 Å². The molecule has 0 spiro atoms. The van der Waals surface area contributed by atoms with E-state index in [1.165, 1.54) is 18.2 Å². The molecule has 150 valence electrons. The van der Waals surface area contributed by atoms with Gasteiger partial charge in [0.1, 0.15) is 9.98 Å². The first kappa shape index (κ1) is 23.5. The summed E-state index contributed by atoms with van der Waals surface area (Å²) in [5.74, 6) is 0. The van der Waals surface area contributed by atoms with Gasteiger partial charge in [0.2, 0.25) is 0 Å². The van der Waals surface area contributed by atoms with Crippen LogP contribution in [0, 0.1) is 31.6 Å². The highest BCUT2D eigenvalue weighted by atomic mass is 32.1. The summed E-state index contributed by atoms with van der Waals surface area (Å²) in [6, 6.07) is 10.2. The standard InChI is InChI=1S/C12H13N3S2.C6H4N2O4/c1-2-3-7-4-5-8(6-13)10(12(15)17)9(7)11(14)16;9-7(10)5-2-1-3-6(4-5)8(11)12/h4-5H,2-3H2,1H3,(H2,14,16)(H2,15,17);1-4H. The van der Waals surface area contributed by atoms with Gasteiger partial charge in [-0.2, -0.15) is 5.26 Å². The lowest BCUT2D eigenvalue weighted by Crippen LogP contribution is -2.22. The van der Waals surface area contributed by atoms with Crippen molar-refractivity contribution in [1.82, 2.24) is 0 Å². The minimum Gasteiger partial charge on any atom is -0.389 e. The first-order chi connectivity index (χ1) is 13.6. The molecule has 0 amide bonds. The van der Waals surface area contributed by atoms with Crippen LogP contribution in [0.4, 0.5) is 11.4 Å². The Kier molecular flexibility index (Phi) is 8.72. The molecule has 0 heterocycles. The molecule has 11 heteroatoms. The van der Waals surface area contributed by atoms with E-state index < -0.39 is 9.85 Å². The van der Waals surface area contributed by atoms with Crippen LogP contribution in [0.1, 0.15) is 35.6 Å². The Balaban J connectivity index is 0.000000308. The van der Waals surface area contributed by atoms with Crippen molar-refractivity contribution in [2.45, 2.75) is 19.8 Å². The smallest absolute Gasteiger partial charge is 0.276 e. The van der Waals surface area contributed by atoms with Crippen molar-refractivity contribution in [2.24, 2.45) is 11.5 Å². The van der Waals surface area contributed by atoms with E-state index in [1.807, 2.05) is 6.07 Å². The molecule has 4 N–H and O–H groups in total. The summed E-state index contributed by atoms with van der Waals surface area (Å²) < 4.78 is 0. The molecule has 0 aliphatic carbocycles. The molecular formula is C18H17N5O4S2. The van der Waals surface area contributed by atoms with E-state index in [9.17, 15) is 20.2 Å². The lowest BCUT2D eigenvalue weighted by Gasteiger charge is -2.14. The molecule has 2 aromatic carbocycles. The molecule has 2 aromatic rings. The largest absolute Gasteiger partial charge is 0.389 e. The normalized spacial score (nSPS) is 9.52. The fourth-order valence-electron chi connectivity index (χ4n) is 2.47. The Morgan fingerprint density at radius 3 is 1.93 bits per heavy atom. The number of nitrogens with zero attached hydrogens (tertiary/aromatic N) is 3. The van der Waals surface area contributed by atoms with Crippen LogP contribution >= 0.6 is 24.4 Å². The second-order valence-electron chi connectivity index (χ2n) is 5.65. The lowest BCUT2D eigenvalue weighted by molar-refractivity contribution is -0.394. The number of benzene rings is 2. The number of nitriles is 1. The third-order valence-corrected chi connectivity index (χ3v) is 4.08. The number of nitro groups is 2. The zero-order valence-corrected chi connectivity index (χ0v) is 17.0. The van der Waals surface area contributed by atoms with Crippen LogP contribution in [-0.2, 0) is 6.42 Å². The van der Waals surface area contributed by atoms with Gasteiger partial charge in [-0.25, -0.2) is 0 Å². The first-order valence-corrected chi connectivity index (χ1v) is 9.00. The third kappa shape index (κ3) is 6.27. The van der Waals surface area contributed by atoms with Crippen LogP contribution in [0.3, 0.4) is 0 Å². The van der Waals surface area contributed by atoms with Crippen molar-refractivity contribution in [3.05, 3.63) is 78.9 Å². The van der Waals surface area contributed by atoms with Gasteiger partial charge in [-0.1, -0.05) is 43.8 Å². The highest BCUT2D eigenvalue weighted by Gasteiger charge is 2.17. The highest BCUT2D eigenvalue weighted by molar-refractivity contribution is 7.81. The number of nitro benzene ring substituents is 2. The predicted octanol–water partition coefficient (Wildman–Crippen LogP) is 3.28. The number of hydrogen-bond acceptors (Lipinski definition) is 7. The van der Waals surface area contributed by atoms with Gasteiger partial charge in [0.05, 0.1) is 27.5 Å². The topological polar surface area (TPSA) is 162 Å². The Hall–Kier alpha value is -3.49. The van der Waals surface area contributed by atoms with Gasteiger partial charge in [-0.05, 0) is 24.1 Å². The molecule has 0 unspecified atom stereocenters. The van der Waals surface area contributed by atoms with Gasteiger partial charge in [0.25, 0.3) is 11.4 Å². The predicted molar refractivity (Wildman–Crippen MR) is 117 cm³/mol. The maximum Gasteiger partial charge on any atom is 0.276 e. The summed E-state index contributed by atoms with van der Waals surface area (Å²) >= 11 is 10.0. The molecular weight excluding hydrogens is 414 g/mol. The summed E-state index contributed by atoms with van der Waals surface area (Å²) in [4.78, 5) is 19.4. The van der Waals surface area contributed by atoms with Crippen molar-refractivity contribution in [2.75, 3.05) is 0 Å². The summed E-state index contributed by atoms with van der Waals surface area (Å²) in [6.45, 7) is 2.06. The molecule has 0 fully saturated rings. The Morgan fingerprint density at radius 1 is 1.03 bits per heavy atom. The number of nitrogens with two attached hydrogens (primary N) is 2. The van der Waals surface area contributed by atoms with Crippen molar-refractivity contribution in [3.8, 4) is 6.07 Å². The molecule has 0 saturated carbocycles. The SMILES string of the molecule is CCCc1ccc(C#N)c(C(N)=S)c1C(N)=S.O=[N+]([O-])c1cccc([N+](=O)[O-])c1. The zero-order chi connectivity index (χ0) is 22.1. The average Bonchev–Trinajstić information content (AvgIpc) is 2.68. The molecule has 0 saturated heterocycles. The monoisotopic (exact) mass is 431 g/mol. The van der Waals surface area contributed by atoms with E-state index in [1.54, 1.807) is 6.07 Å². The second kappa shape index (κ2) is 10.7. The number of hydrogen-bond donors (Lipinski definition) is 2. The van der Waals surface area contributed by atoms with Crippen LogP contribution in [0.15, 0.2) is 36.4 Å². The fourth-order valence-corrected chi connectivity index (χ4v) is 2.92. The van der Waals surface area contributed by atoms with E-state index in [2.05, 4.69) is 13.0 Å². The van der Waals surface area contributed by atoms with Crippen LogP contribution in [-0.4, -0.2) is 19.8 Å². The van der Waals surface area contributed by atoms with Crippen molar-refractivity contribution in [1.29, 1.82) is 5.26 Å². The van der Waals surface area contributed by atoms with E-state index in [0.29, 0.717) is 16.7 Å². The van der Waals surface area contributed by atoms with Gasteiger partial charge in [0, 0.05) is 23.3 Å². The fraction of sp³-hybridized carbons (Fsp3) is 0.167. The van der Waals surface area contributed by atoms with Crippen LogP contribution < -0.4 is 11.5 Å². The van der Waals surface area contributed by atoms with Crippen LogP contribution in [0.25, 0.3) is 0 Å². The van der Waals surface area contributed by atoms with Crippen LogP contribution in [0.5, 0.6) is 0 Å². The molecule has 2 rings (SSSR count). The first-order valence-electron chi connectivity index (χ1n) is 8.18. The third-order valence-electron chi connectivity index (χ3n) is 3.68. The molecule has 0 aromatic heterocycles. The van der Waals surface area contributed by atoms with Gasteiger partial charge in [0.15, 0.2) is 0 Å². The minimum atomic E-state index is -0.674. The van der Waals surface area contributed by atoms with Gasteiger partial charge < -0.3 is 11.5 Å². The maximum atomic E-state index is 10.2. The van der Waals surface area contributed by atoms with E-state index >= 15 is 0 Å². The van der Waals surface area contributed by atoms with Crippen molar-refractivity contribution >= 4 is 45.8 Å². The second-order valence-corrected chi connectivity index (χ2v) is 6.53. The molecule has 9 nitrogen and oxygen atoms in total. The van der Waals surface area contributed by atoms with E-state index in [4.69, 9.17) is 41.2 Å². The Labute approximate surface area is 177 Å². The van der Waals surface area contributed by atoms with Crippen molar-refractivity contribution in [3.63, 3.8) is 0 Å². The quantitative estimate of drug-likeness (QED) is 0.397. The molecule has 0 radical (unpaired) electrons. The van der Waals surface area contributed by atoms with Gasteiger partial charge in [-0.15, -0.1) is 0 Å². The summed E-state index contributed by atoms with van der Waals surface area (Å²) in [7, 11) is 0. The number of aryl methyl sites for hydroxylation is 1. The van der Waals surface area contributed by atoms with E-state index in [-0.39, 0.29) is 21.4 Å².